The predicted molar refractivity (Wildman–Crippen MR) is 140 cm³/mol. The third-order valence-corrected chi connectivity index (χ3v) is 4.57. The van der Waals surface area contributed by atoms with Gasteiger partial charge in [-0.2, -0.15) is 0 Å². The highest BCUT2D eigenvalue weighted by Gasteiger charge is 2.40. The summed E-state index contributed by atoms with van der Waals surface area (Å²) in [5.74, 6) is -1.60. The molecular weight excluding hydrogens is 470 g/mol. The van der Waals surface area contributed by atoms with Crippen LogP contribution in [0.15, 0.2) is 12.7 Å². The first kappa shape index (κ1) is 34.1. The predicted octanol–water partition coefficient (Wildman–Crippen LogP) is 0.538. The average molecular weight is 514 g/mol. The van der Waals surface area contributed by atoms with Crippen LogP contribution in [0.25, 0.3) is 0 Å². The number of hydrogen-bond acceptors (Lipinski definition) is 10. The number of ether oxygens (including phenoxy) is 7. The van der Waals surface area contributed by atoms with Crippen LogP contribution in [0.5, 0.6) is 0 Å². The number of esters is 3. The van der Waals surface area contributed by atoms with Gasteiger partial charge < -0.3 is 33.2 Å². The van der Waals surface area contributed by atoms with Crippen molar-refractivity contribution >= 4 is 33.6 Å². The minimum absolute atomic E-state index is 0.0112. The zero-order valence-corrected chi connectivity index (χ0v) is 23.1. The lowest BCUT2D eigenvalue weighted by molar-refractivity contribution is -0.172. The first-order valence-electron chi connectivity index (χ1n) is 12.2. The summed E-state index contributed by atoms with van der Waals surface area (Å²) in [6, 6.07) is 0. The number of rotatable bonds is 21. The Morgan fingerprint density at radius 3 is 1.33 bits per heavy atom. The van der Waals surface area contributed by atoms with Crippen LogP contribution in [-0.4, -0.2) is 106 Å². The standard InChI is InChI=1S/C24H44B2O10/c1-7-8-30-9-10-31-11-12-32-13-14-33-15-16-34-21(29)24(6,17-35-19(27)22(2,3)25)18-36-20(28)23(4,5)26/h7H,1,8-18,25-26H2,2-6H3. The second-order valence-corrected chi connectivity index (χ2v) is 10.5. The summed E-state index contributed by atoms with van der Waals surface area (Å²) in [6.07, 6.45) is 1.68. The van der Waals surface area contributed by atoms with Crippen molar-refractivity contribution in [2.24, 2.45) is 5.41 Å². The molecule has 0 fully saturated rings. The molecule has 0 aromatic carbocycles. The molecule has 0 saturated carbocycles. The highest BCUT2D eigenvalue weighted by atomic mass is 16.6. The smallest absolute Gasteiger partial charge is 0.318 e. The quantitative estimate of drug-likeness (QED) is 0.0707. The summed E-state index contributed by atoms with van der Waals surface area (Å²) in [7, 11) is 3.42. The Morgan fingerprint density at radius 2 is 0.972 bits per heavy atom. The summed E-state index contributed by atoms with van der Waals surface area (Å²) in [5, 5.41) is -1.48. The Bertz CT molecular complexity index is 641. The van der Waals surface area contributed by atoms with Crippen molar-refractivity contribution in [2.75, 3.05) is 72.7 Å². The molecule has 0 atom stereocenters. The highest BCUT2D eigenvalue weighted by molar-refractivity contribution is 6.26. The highest BCUT2D eigenvalue weighted by Crippen LogP contribution is 2.27. The SMILES string of the molecule is BC(C)(C)C(=O)OCC(C)(COC(=O)C(B)(C)C)C(=O)OCCOCCOCCOCCOCC=C. The Labute approximate surface area is 217 Å². The molecule has 0 saturated heterocycles. The van der Waals surface area contributed by atoms with E-state index < -0.39 is 34.0 Å². The van der Waals surface area contributed by atoms with Crippen LogP contribution < -0.4 is 0 Å². The molecule has 0 aliphatic heterocycles. The van der Waals surface area contributed by atoms with E-state index in [4.69, 9.17) is 33.2 Å². The molecular formula is C24H44B2O10. The minimum Gasteiger partial charge on any atom is -0.464 e. The Kier molecular flexibility index (Phi) is 16.6. The van der Waals surface area contributed by atoms with Gasteiger partial charge in [0.1, 0.15) is 40.9 Å². The van der Waals surface area contributed by atoms with Gasteiger partial charge in [0.25, 0.3) is 0 Å². The first-order chi connectivity index (χ1) is 16.7. The van der Waals surface area contributed by atoms with E-state index in [1.165, 1.54) is 6.92 Å². The molecule has 0 aliphatic carbocycles. The van der Waals surface area contributed by atoms with Crippen LogP contribution in [0.1, 0.15) is 34.6 Å². The lowest BCUT2D eigenvalue weighted by Crippen LogP contribution is -2.42. The number of hydrogen-bond donors (Lipinski definition) is 0. The molecule has 0 spiro atoms. The van der Waals surface area contributed by atoms with Gasteiger partial charge in [0.05, 0.1) is 52.9 Å². The molecule has 206 valence electrons. The monoisotopic (exact) mass is 514 g/mol. The fraction of sp³-hybridized carbons (Fsp3) is 0.792. The van der Waals surface area contributed by atoms with Gasteiger partial charge in [-0.1, -0.05) is 33.8 Å². The molecule has 0 amide bonds. The third-order valence-electron chi connectivity index (χ3n) is 4.57. The molecule has 0 N–H and O–H groups in total. The zero-order valence-electron chi connectivity index (χ0n) is 23.1. The van der Waals surface area contributed by atoms with Crippen LogP contribution in [0.2, 0.25) is 10.6 Å². The summed E-state index contributed by atoms with van der Waals surface area (Å²) in [4.78, 5) is 37.2. The second-order valence-electron chi connectivity index (χ2n) is 10.5. The largest absolute Gasteiger partial charge is 0.464 e. The summed E-state index contributed by atoms with van der Waals surface area (Å²) in [5.41, 5.74) is -1.36. The molecule has 0 bridgehead atoms. The molecule has 0 aromatic rings. The van der Waals surface area contributed by atoms with Crippen LogP contribution in [0, 0.1) is 5.41 Å². The van der Waals surface area contributed by atoms with Crippen LogP contribution in [0.4, 0.5) is 0 Å². The van der Waals surface area contributed by atoms with E-state index in [0.29, 0.717) is 46.2 Å². The van der Waals surface area contributed by atoms with Gasteiger partial charge in [-0.25, -0.2) is 0 Å². The molecule has 0 heterocycles. The van der Waals surface area contributed by atoms with E-state index in [2.05, 4.69) is 6.58 Å². The van der Waals surface area contributed by atoms with Crippen molar-refractivity contribution < 1.29 is 47.5 Å². The van der Waals surface area contributed by atoms with Crippen molar-refractivity contribution in [3.8, 4) is 0 Å². The molecule has 0 aromatic heterocycles. The van der Waals surface area contributed by atoms with E-state index in [9.17, 15) is 14.4 Å². The third kappa shape index (κ3) is 16.0. The Balaban J connectivity index is 4.36. The van der Waals surface area contributed by atoms with Crippen molar-refractivity contribution in [2.45, 2.75) is 45.2 Å². The minimum atomic E-state index is -1.36. The summed E-state index contributed by atoms with van der Waals surface area (Å²) >= 11 is 0. The van der Waals surface area contributed by atoms with Crippen molar-refractivity contribution in [1.82, 2.24) is 0 Å². The van der Waals surface area contributed by atoms with Crippen molar-refractivity contribution in [1.29, 1.82) is 0 Å². The molecule has 12 heteroatoms. The van der Waals surface area contributed by atoms with Gasteiger partial charge in [-0.15, -0.1) is 6.58 Å². The van der Waals surface area contributed by atoms with Crippen LogP contribution >= 0.6 is 0 Å². The lowest BCUT2D eigenvalue weighted by atomic mass is 9.72. The molecule has 0 aliphatic rings. The molecule has 0 rings (SSSR count). The van der Waals surface area contributed by atoms with Gasteiger partial charge in [0.15, 0.2) is 0 Å². The van der Waals surface area contributed by atoms with E-state index in [1.807, 2.05) is 0 Å². The van der Waals surface area contributed by atoms with E-state index >= 15 is 0 Å². The van der Waals surface area contributed by atoms with E-state index in [0.717, 1.165) is 0 Å². The van der Waals surface area contributed by atoms with Crippen LogP contribution in [-0.2, 0) is 47.5 Å². The lowest BCUT2D eigenvalue weighted by Gasteiger charge is -2.29. The fourth-order valence-corrected chi connectivity index (χ4v) is 2.24. The fourth-order valence-electron chi connectivity index (χ4n) is 2.24. The first-order valence-corrected chi connectivity index (χ1v) is 12.2. The van der Waals surface area contributed by atoms with Gasteiger partial charge >= 0.3 is 17.9 Å². The van der Waals surface area contributed by atoms with E-state index in [1.54, 1.807) is 49.5 Å². The van der Waals surface area contributed by atoms with Crippen molar-refractivity contribution in [3.05, 3.63) is 12.7 Å². The van der Waals surface area contributed by atoms with E-state index in [-0.39, 0.29) is 26.4 Å². The Morgan fingerprint density at radius 1 is 0.611 bits per heavy atom. The molecule has 0 radical (unpaired) electrons. The average Bonchev–Trinajstić information content (AvgIpc) is 2.79. The maximum absolute atomic E-state index is 12.8. The molecule has 0 unspecified atom stereocenters. The number of carbonyl (C=O) groups is 3. The molecule has 10 nitrogen and oxygen atoms in total. The topological polar surface area (TPSA) is 116 Å². The normalized spacial score (nSPS) is 12.1. The number of carbonyl (C=O) groups excluding carboxylic acids is 3. The zero-order chi connectivity index (χ0) is 27.7. The maximum Gasteiger partial charge on any atom is 0.318 e. The van der Waals surface area contributed by atoms with Crippen molar-refractivity contribution in [3.63, 3.8) is 0 Å². The molecule has 36 heavy (non-hydrogen) atoms. The van der Waals surface area contributed by atoms with Gasteiger partial charge in [-0.3, -0.25) is 14.4 Å². The summed E-state index contributed by atoms with van der Waals surface area (Å²) in [6.45, 7) is 14.6. The van der Waals surface area contributed by atoms with Crippen LogP contribution in [0.3, 0.4) is 0 Å². The summed E-state index contributed by atoms with van der Waals surface area (Å²) < 4.78 is 37.3. The van der Waals surface area contributed by atoms with Gasteiger partial charge in [0, 0.05) is 10.6 Å². The maximum atomic E-state index is 12.8. The second kappa shape index (κ2) is 17.6. The Hall–Kier alpha value is -1.88. The van der Waals surface area contributed by atoms with Gasteiger partial charge in [0.2, 0.25) is 0 Å². The van der Waals surface area contributed by atoms with Gasteiger partial charge in [-0.05, 0) is 6.92 Å².